The van der Waals surface area contributed by atoms with Crippen LogP contribution in [0.25, 0.3) is 0 Å². The second-order valence-electron chi connectivity index (χ2n) is 6.08. The molecule has 0 unspecified atom stereocenters. The van der Waals surface area contributed by atoms with E-state index in [2.05, 4.69) is 17.4 Å². The van der Waals surface area contributed by atoms with Crippen LogP contribution < -0.4 is 5.32 Å². The normalized spacial score (nSPS) is 29.3. The largest absolute Gasteiger partial charge is 0.351 e. The molecule has 3 rings (SSSR count). The average Bonchev–Trinajstić information content (AvgIpc) is 2.80. The van der Waals surface area contributed by atoms with Crippen molar-refractivity contribution in [2.45, 2.75) is 57.2 Å². The van der Waals surface area contributed by atoms with Crippen molar-refractivity contribution in [1.29, 1.82) is 0 Å². The number of carbonyl (C=O) groups excluding carboxylic acids is 2. The molecule has 0 aliphatic carbocycles. The predicted octanol–water partition coefficient (Wildman–Crippen LogP) is 2.41. The first kappa shape index (κ1) is 14.1. The molecule has 4 nitrogen and oxygen atoms in total. The van der Waals surface area contributed by atoms with Gasteiger partial charge in [-0.05, 0) is 24.8 Å². The Morgan fingerprint density at radius 1 is 1.24 bits per heavy atom. The van der Waals surface area contributed by atoms with E-state index in [1.807, 2.05) is 23.1 Å². The van der Waals surface area contributed by atoms with Crippen LogP contribution in [0.3, 0.4) is 0 Å². The maximum Gasteiger partial charge on any atom is 0.220 e. The summed E-state index contributed by atoms with van der Waals surface area (Å²) in [5.74, 6) is 0.230. The topological polar surface area (TPSA) is 49.4 Å². The van der Waals surface area contributed by atoms with Crippen LogP contribution in [0.2, 0.25) is 0 Å². The summed E-state index contributed by atoms with van der Waals surface area (Å²) in [6, 6.07) is 10.4. The van der Waals surface area contributed by atoms with Crippen molar-refractivity contribution in [3.8, 4) is 0 Å². The Hall–Kier alpha value is -1.84. The van der Waals surface area contributed by atoms with Gasteiger partial charge in [0, 0.05) is 13.3 Å². The molecular formula is C17H22N2O2. The van der Waals surface area contributed by atoms with E-state index >= 15 is 0 Å². The Morgan fingerprint density at radius 3 is 2.71 bits per heavy atom. The fourth-order valence-corrected chi connectivity index (χ4v) is 3.77. The molecule has 0 bridgehead atoms. The third-order valence-corrected chi connectivity index (χ3v) is 4.68. The Morgan fingerprint density at radius 2 is 2.00 bits per heavy atom. The first-order valence-corrected chi connectivity index (χ1v) is 7.80. The van der Waals surface area contributed by atoms with Gasteiger partial charge in [0.2, 0.25) is 11.8 Å². The lowest BCUT2D eigenvalue weighted by molar-refractivity contribution is -0.133. The Balaban J connectivity index is 1.91. The highest BCUT2D eigenvalue weighted by atomic mass is 16.2. The highest BCUT2D eigenvalue weighted by Crippen LogP contribution is 2.39. The number of benzene rings is 1. The van der Waals surface area contributed by atoms with Crippen molar-refractivity contribution in [3.63, 3.8) is 0 Å². The summed E-state index contributed by atoms with van der Waals surface area (Å²) in [6.07, 6.45) is 4.34. The van der Waals surface area contributed by atoms with Crippen molar-refractivity contribution in [3.05, 3.63) is 35.9 Å². The molecule has 1 aromatic rings. The van der Waals surface area contributed by atoms with Crippen molar-refractivity contribution in [2.75, 3.05) is 0 Å². The first-order chi connectivity index (χ1) is 10.2. The third kappa shape index (κ3) is 2.80. The zero-order valence-corrected chi connectivity index (χ0v) is 12.4. The van der Waals surface area contributed by atoms with Gasteiger partial charge in [-0.3, -0.25) is 9.59 Å². The van der Waals surface area contributed by atoms with E-state index in [1.165, 1.54) is 0 Å². The van der Waals surface area contributed by atoms with Crippen LogP contribution in [0, 0.1) is 0 Å². The zero-order valence-electron chi connectivity index (χ0n) is 12.4. The maximum absolute atomic E-state index is 12.2. The molecule has 1 aromatic carbocycles. The van der Waals surface area contributed by atoms with Crippen LogP contribution in [0.5, 0.6) is 0 Å². The number of fused-ring (bicyclic) bond motifs is 1. The summed E-state index contributed by atoms with van der Waals surface area (Å²) in [5, 5.41) is 3.13. The van der Waals surface area contributed by atoms with Crippen molar-refractivity contribution < 1.29 is 9.59 Å². The molecule has 0 saturated carbocycles. The van der Waals surface area contributed by atoms with E-state index in [-0.39, 0.29) is 29.9 Å². The Bertz CT molecular complexity index is 529. The van der Waals surface area contributed by atoms with Gasteiger partial charge in [0.25, 0.3) is 0 Å². The number of nitrogens with one attached hydrogen (secondary N) is 1. The van der Waals surface area contributed by atoms with Crippen molar-refractivity contribution in [1.82, 2.24) is 10.2 Å². The van der Waals surface area contributed by atoms with Gasteiger partial charge < -0.3 is 10.2 Å². The van der Waals surface area contributed by atoms with Crippen LogP contribution >= 0.6 is 0 Å². The van der Waals surface area contributed by atoms with Gasteiger partial charge in [-0.1, -0.05) is 36.8 Å². The standard InChI is InChI=1S/C17H22N2O2/c1-12(20)19-15-9-5-6-10-17(21)18-14(15)11-16(19)13-7-3-2-4-8-13/h2-4,7-8,14-16H,5-6,9-11H2,1H3,(H,18,21)/t14-,15+,16+/m1/s1. The molecule has 1 N–H and O–H groups in total. The molecule has 4 heteroatoms. The fraction of sp³-hybridized carbons (Fsp3) is 0.529. The summed E-state index contributed by atoms with van der Waals surface area (Å²) >= 11 is 0. The van der Waals surface area contributed by atoms with E-state index in [4.69, 9.17) is 0 Å². The van der Waals surface area contributed by atoms with Crippen molar-refractivity contribution in [2.24, 2.45) is 0 Å². The number of nitrogens with zero attached hydrogens (tertiary/aromatic N) is 1. The van der Waals surface area contributed by atoms with E-state index in [1.54, 1.807) is 6.92 Å². The second kappa shape index (κ2) is 5.88. The SMILES string of the molecule is CC(=O)N1[C@H](c2ccccc2)C[C@H]2NC(=O)CCCC[C@@H]21. The molecule has 2 saturated heterocycles. The quantitative estimate of drug-likeness (QED) is 0.862. The highest BCUT2D eigenvalue weighted by Gasteiger charge is 2.43. The third-order valence-electron chi connectivity index (χ3n) is 4.68. The molecular weight excluding hydrogens is 264 g/mol. The van der Waals surface area contributed by atoms with Crippen LogP contribution in [0.4, 0.5) is 0 Å². The van der Waals surface area contributed by atoms with Gasteiger partial charge in [-0.2, -0.15) is 0 Å². The van der Waals surface area contributed by atoms with Gasteiger partial charge >= 0.3 is 0 Å². The number of rotatable bonds is 1. The van der Waals surface area contributed by atoms with E-state index < -0.39 is 0 Å². The lowest BCUT2D eigenvalue weighted by Crippen LogP contribution is -2.47. The second-order valence-corrected chi connectivity index (χ2v) is 6.08. The summed E-state index contributed by atoms with van der Waals surface area (Å²) < 4.78 is 0. The molecule has 0 aromatic heterocycles. The minimum atomic E-state index is 0.0806. The number of hydrogen-bond donors (Lipinski definition) is 1. The van der Waals surface area contributed by atoms with Crippen molar-refractivity contribution >= 4 is 11.8 Å². The maximum atomic E-state index is 12.2. The molecule has 112 valence electrons. The smallest absolute Gasteiger partial charge is 0.220 e. The molecule has 0 spiro atoms. The molecule has 3 atom stereocenters. The summed E-state index contributed by atoms with van der Waals surface area (Å²) in [7, 11) is 0. The van der Waals surface area contributed by atoms with Crippen LogP contribution in [-0.4, -0.2) is 28.8 Å². The van der Waals surface area contributed by atoms with Crippen LogP contribution in [0.15, 0.2) is 30.3 Å². The van der Waals surface area contributed by atoms with Crippen LogP contribution in [0.1, 0.15) is 50.6 Å². The molecule has 21 heavy (non-hydrogen) atoms. The highest BCUT2D eigenvalue weighted by molar-refractivity contribution is 5.78. The van der Waals surface area contributed by atoms with Gasteiger partial charge in [-0.25, -0.2) is 0 Å². The van der Waals surface area contributed by atoms with Gasteiger partial charge in [-0.15, -0.1) is 0 Å². The van der Waals surface area contributed by atoms with E-state index in [0.717, 1.165) is 31.2 Å². The number of amides is 2. The summed E-state index contributed by atoms with van der Waals surface area (Å²) in [5.41, 5.74) is 1.16. The lowest BCUT2D eigenvalue weighted by Gasteiger charge is -2.32. The van der Waals surface area contributed by atoms with Crippen LogP contribution in [-0.2, 0) is 9.59 Å². The predicted molar refractivity (Wildman–Crippen MR) is 80.5 cm³/mol. The lowest BCUT2D eigenvalue weighted by atomic mass is 9.97. The summed E-state index contributed by atoms with van der Waals surface area (Å²) in [6.45, 7) is 1.64. The first-order valence-electron chi connectivity index (χ1n) is 7.80. The van der Waals surface area contributed by atoms with Gasteiger partial charge in [0.15, 0.2) is 0 Å². The Kier molecular flexibility index (Phi) is 3.95. The van der Waals surface area contributed by atoms with E-state index in [0.29, 0.717) is 6.42 Å². The molecule has 2 fully saturated rings. The molecule has 2 amide bonds. The number of hydrogen-bond acceptors (Lipinski definition) is 2. The Labute approximate surface area is 125 Å². The van der Waals surface area contributed by atoms with Gasteiger partial charge in [0.05, 0.1) is 18.1 Å². The molecule has 2 aliphatic heterocycles. The minimum absolute atomic E-state index is 0.0806. The van der Waals surface area contributed by atoms with Gasteiger partial charge in [0.1, 0.15) is 0 Å². The molecule has 2 aliphatic rings. The molecule has 2 heterocycles. The minimum Gasteiger partial charge on any atom is -0.351 e. The molecule has 0 radical (unpaired) electrons. The summed E-state index contributed by atoms with van der Waals surface area (Å²) in [4.78, 5) is 26.1. The fourth-order valence-electron chi connectivity index (χ4n) is 3.77. The zero-order chi connectivity index (χ0) is 14.8. The average molecular weight is 286 g/mol. The monoisotopic (exact) mass is 286 g/mol. The number of carbonyl (C=O) groups is 2. The van der Waals surface area contributed by atoms with E-state index in [9.17, 15) is 9.59 Å². The number of likely N-dealkylation sites (tertiary alicyclic amines) is 1.